The molecule has 0 amide bonds. The monoisotopic (exact) mass is 239 g/mol. The van der Waals surface area contributed by atoms with Gasteiger partial charge in [-0.15, -0.1) is 0 Å². The molecule has 0 radical (unpaired) electrons. The first-order chi connectivity index (χ1) is 8.85. The van der Waals surface area contributed by atoms with E-state index >= 15 is 0 Å². The number of para-hydroxylation sites is 1. The van der Waals surface area contributed by atoms with Crippen molar-refractivity contribution >= 4 is 23.3 Å². The van der Waals surface area contributed by atoms with Gasteiger partial charge in [0.2, 0.25) is 0 Å². The van der Waals surface area contributed by atoms with Gasteiger partial charge in [-0.3, -0.25) is 0 Å². The quantitative estimate of drug-likeness (QED) is 0.752. The van der Waals surface area contributed by atoms with Crippen LogP contribution in [0, 0.1) is 5.92 Å². The number of aromatic nitrogens is 1. The molecule has 1 aliphatic carbocycles. The topological polar surface area (TPSA) is 22.0 Å². The molecule has 1 unspecified atom stereocenters. The van der Waals surface area contributed by atoms with E-state index in [0.29, 0.717) is 0 Å². The summed E-state index contributed by atoms with van der Waals surface area (Å²) in [6, 6.07) is 8.50. The predicted molar refractivity (Wildman–Crippen MR) is 74.5 cm³/mol. The molecule has 0 saturated heterocycles. The Morgan fingerprint density at radius 1 is 1.39 bits per heavy atom. The molecule has 0 bridgehead atoms. The van der Waals surface area contributed by atoms with Crippen LogP contribution >= 0.6 is 0 Å². The summed E-state index contributed by atoms with van der Waals surface area (Å²) in [5, 5.41) is 1.30. The van der Waals surface area contributed by atoms with Crippen molar-refractivity contribution in [3.63, 3.8) is 0 Å². The lowest BCUT2D eigenvalue weighted by molar-refractivity contribution is -0.109. The zero-order chi connectivity index (χ0) is 12.5. The molecule has 1 aliphatic rings. The highest BCUT2D eigenvalue weighted by Gasteiger charge is 2.20. The van der Waals surface area contributed by atoms with Crippen molar-refractivity contribution in [1.82, 2.24) is 4.57 Å². The highest BCUT2D eigenvalue weighted by Crippen LogP contribution is 2.32. The summed E-state index contributed by atoms with van der Waals surface area (Å²) in [5.74, 6) is 0.0402. The Kier molecular flexibility index (Phi) is 2.78. The summed E-state index contributed by atoms with van der Waals surface area (Å²) in [4.78, 5) is 11.0. The normalized spacial score (nSPS) is 17.9. The number of aldehydes is 1. The highest BCUT2D eigenvalue weighted by molar-refractivity contribution is 5.89. The van der Waals surface area contributed by atoms with E-state index < -0.39 is 0 Å². The van der Waals surface area contributed by atoms with Gasteiger partial charge in [0.1, 0.15) is 6.29 Å². The molecule has 0 saturated carbocycles. The molecule has 3 rings (SSSR count). The van der Waals surface area contributed by atoms with Gasteiger partial charge in [-0.25, -0.2) is 0 Å². The van der Waals surface area contributed by atoms with E-state index in [1.54, 1.807) is 0 Å². The van der Waals surface area contributed by atoms with E-state index in [1.165, 1.54) is 22.2 Å². The Labute approximate surface area is 107 Å². The lowest BCUT2D eigenvalue weighted by Crippen LogP contribution is -2.09. The van der Waals surface area contributed by atoms with E-state index in [9.17, 15) is 4.79 Å². The minimum Gasteiger partial charge on any atom is -0.341 e. The van der Waals surface area contributed by atoms with Crippen molar-refractivity contribution in [1.29, 1.82) is 0 Å². The molecule has 1 aromatic carbocycles. The van der Waals surface area contributed by atoms with Gasteiger partial charge >= 0.3 is 0 Å². The summed E-state index contributed by atoms with van der Waals surface area (Å²) >= 11 is 0. The van der Waals surface area contributed by atoms with Gasteiger partial charge < -0.3 is 9.36 Å². The Bertz CT molecular complexity index is 621. The van der Waals surface area contributed by atoms with Crippen LogP contribution in [0.15, 0.2) is 30.3 Å². The van der Waals surface area contributed by atoms with Crippen molar-refractivity contribution in [3.05, 3.63) is 41.6 Å². The maximum absolute atomic E-state index is 11.0. The van der Waals surface area contributed by atoms with Crippen LogP contribution in [0.25, 0.3) is 17.0 Å². The number of benzene rings is 1. The van der Waals surface area contributed by atoms with Crippen LogP contribution in [0.4, 0.5) is 0 Å². The second kappa shape index (κ2) is 4.45. The van der Waals surface area contributed by atoms with Gasteiger partial charge in [0.25, 0.3) is 0 Å². The fraction of sp³-hybridized carbons (Fsp3) is 0.312. The molecule has 0 aliphatic heterocycles. The maximum atomic E-state index is 11.0. The van der Waals surface area contributed by atoms with Crippen LogP contribution in [0.2, 0.25) is 0 Å². The lowest BCUT2D eigenvalue weighted by atomic mass is 9.93. The molecular weight excluding hydrogens is 222 g/mol. The zero-order valence-corrected chi connectivity index (χ0v) is 10.6. The number of allylic oxidation sites excluding steroid dienone is 1. The number of hydrogen-bond acceptors (Lipinski definition) is 1. The van der Waals surface area contributed by atoms with Crippen molar-refractivity contribution in [2.24, 2.45) is 5.92 Å². The fourth-order valence-electron chi connectivity index (χ4n) is 2.88. The standard InChI is InChI=1S/C16H17NO/c1-2-9-17-15-6-4-3-5-13(15)14-10-12(11-18)7-8-16(14)17/h3-8,11-12H,2,9-10H2,1H3. The summed E-state index contributed by atoms with van der Waals surface area (Å²) in [5.41, 5.74) is 3.91. The number of carbonyl (C=O) groups excluding carboxylic acids is 1. The SMILES string of the molecule is CCCn1c2c(c3ccccc31)CC(C=O)C=C2. The Morgan fingerprint density at radius 2 is 2.22 bits per heavy atom. The summed E-state index contributed by atoms with van der Waals surface area (Å²) in [7, 11) is 0. The van der Waals surface area contributed by atoms with Crippen LogP contribution in [0.1, 0.15) is 24.6 Å². The Morgan fingerprint density at radius 3 is 3.00 bits per heavy atom. The largest absolute Gasteiger partial charge is 0.341 e. The van der Waals surface area contributed by atoms with Crippen LogP contribution in [-0.2, 0) is 17.8 Å². The molecule has 0 spiro atoms. The third-order valence-corrected chi connectivity index (χ3v) is 3.68. The average Bonchev–Trinajstić information content (AvgIpc) is 2.74. The molecule has 1 aromatic heterocycles. The molecular formula is C16H17NO. The number of fused-ring (bicyclic) bond motifs is 3. The van der Waals surface area contributed by atoms with Gasteiger partial charge in [-0.2, -0.15) is 0 Å². The Balaban J connectivity index is 2.25. The van der Waals surface area contributed by atoms with Gasteiger partial charge in [0.15, 0.2) is 0 Å². The van der Waals surface area contributed by atoms with Crippen molar-refractivity contribution < 1.29 is 4.79 Å². The van der Waals surface area contributed by atoms with E-state index in [2.05, 4.69) is 41.8 Å². The lowest BCUT2D eigenvalue weighted by Gasteiger charge is -2.14. The van der Waals surface area contributed by atoms with Crippen LogP contribution < -0.4 is 0 Å². The van der Waals surface area contributed by atoms with E-state index in [-0.39, 0.29) is 5.92 Å². The van der Waals surface area contributed by atoms with Crippen LogP contribution in [0.5, 0.6) is 0 Å². The van der Waals surface area contributed by atoms with E-state index in [0.717, 1.165) is 25.7 Å². The minimum atomic E-state index is 0.0402. The summed E-state index contributed by atoms with van der Waals surface area (Å²) < 4.78 is 2.38. The first-order valence-electron chi connectivity index (χ1n) is 6.58. The number of aryl methyl sites for hydroxylation is 1. The fourth-order valence-corrected chi connectivity index (χ4v) is 2.88. The van der Waals surface area contributed by atoms with Crippen molar-refractivity contribution in [3.8, 4) is 0 Å². The summed E-state index contributed by atoms with van der Waals surface area (Å²) in [6.07, 6.45) is 7.15. The average molecular weight is 239 g/mol. The van der Waals surface area contributed by atoms with Crippen LogP contribution in [0.3, 0.4) is 0 Å². The summed E-state index contributed by atoms with van der Waals surface area (Å²) in [6.45, 7) is 3.23. The first-order valence-corrected chi connectivity index (χ1v) is 6.58. The Hall–Kier alpha value is -1.83. The second-order valence-electron chi connectivity index (χ2n) is 4.90. The van der Waals surface area contributed by atoms with Gasteiger partial charge in [-0.05, 0) is 30.5 Å². The third kappa shape index (κ3) is 1.60. The number of nitrogens with zero attached hydrogens (tertiary/aromatic N) is 1. The number of rotatable bonds is 3. The molecule has 1 atom stereocenters. The van der Waals surface area contributed by atoms with E-state index in [1.807, 2.05) is 6.08 Å². The molecule has 1 heterocycles. The molecule has 2 nitrogen and oxygen atoms in total. The van der Waals surface area contributed by atoms with Gasteiger partial charge in [0.05, 0.1) is 0 Å². The molecule has 0 N–H and O–H groups in total. The first kappa shape index (κ1) is 11.3. The predicted octanol–water partition coefficient (Wildman–Crippen LogP) is 3.44. The van der Waals surface area contributed by atoms with Gasteiger partial charge in [-0.1, -0.05) is 31.2 Å². The highest BCUT2D eigenvalue weighted by atomic mass is 16.1. The second-order valence-corrected chi connectivity index (χ2v) is 4.90. The van der Waals surface area contributed by atoms with Crippen LogP contribution in [-0.4, -0.2) is 10.9 Å². The van der Waals surface area contributed by atoms with Gasteiger partial charge in [0, 0.05) is 29.1 Å². The number of carbonyl (C=O) groups is 1. The molecule has 18 heavy (non-hydrogen) atoms. The number of hydrogen-bond donors (Lipinski definition) is 0. The maximum Gasteiger partial charge on any atom is 0.127 e. The minimum absolute atomic E-state index is 0.0402. The molecule has 2 aromatic rings. The third-order valence-electron chi connectivity index (χ3n) is 3.68. The molecule has 2 heteroatoms. The molecule has 0 fully saturated rings. The van der Waals surface area contributed by atoms with E-state index in [4.69, 9.17) is 0 Å². The van der Waals surface area contributed by atoms with Crippen molar-refractivity contribution in [2.45, 2.75) is 26.3 Å². The zero-order valence-electron chi connectivity index (χ0n) is 10.6. The molecule has 92 valence electrons. The van der Waals surface area contributed by atoms with Crippen molar-refractivity contribution in [2.75, 3.05) is 0 Å². The smallest absolute Gasteiger partial charge is 0.127 e.